The molecule has 14 nitrogen and oxygen atoms in total. The normalized spacial score (nSPS) is 21.8. The average Bonchev–Trinajstić information content (AvgIpc) is 3.69. The van der Waals surface area contributed by atoms with Crippen molar-refractivity contribution in [2.24, 2.45) is 13.0 Å². The van der Waals surface area contributed by atoms with Gasteiger partial charge >= 0.3 is 5.69 Å². The molecule has 2 aromatic carbocycles. The van der Waals surface area contributed by atoms with E-state index in [4.69, 9.17) is 14.1 Å². The maximum Gasteiger partial charge on any atom is 0.329 e. The van der Waals surface area contributed by atoms with Crippen LogP contribution >= 0.6 is 0 Å². The number of carbonyl (C=O) groups excluding carboxylic acids is 3. The Kier molecular flexibility index (Phi) is 9.08. The number of fused-ring (bicyclic) bond motifs is 2. The van der Waals surface area contributed by atoms with E-state index < -0.39 is 11.9 Å². The van der Waals surface area contributed by atoms with Gasteiger partial charge in [0.15, 0.2) is 11.5 Å². The highest BCUT2D eigenvalue weighted by atomic mass is 16.5. The highest BCUT2D eigenvalue weighted by Gasteiger charge is 2.33. The third-order valence-electron chi connectivity index (χ3n) is 11.2. The van der Waals surface area contributed by atoms with Crippen LogP contribution in [0.25, 0.3) is 22.1 Å². The molecule has 1 aliphatic carbocycles. The number of carbonyl (C=O) groups is 3. The number of nitrogens with zero attached hydrogens (tertiary/aromatic N) is 6. The van der Waals surface area contributed by atoms with Gasteiger partial charge in [-0.25, -0.2) is 19.7 Å². The SMILES string of the molecule is COc1cc2nc([C@H]3CC[C@H](CN4CCC(c5cccc6c5n(C)c(=O)n6C5CCC(=O)NC5=O)CC4)CC3)oc2cc1NC(=O)c1ccncn1. The van der Waals surface area contributed by atoms with E-state index >= 15 is 0 Å². The van der Waals surface area contributed by atoms with Crippen molar-refractivity contribution in [3.8, 4) is 5.75 Å². The van der Waals surface area contributed by atoms with E-state index in [1.54, 1.807) is 41.5 Å². The smallest absolute Gasteiger partial charge is 0.329 e. The zero-order valence-corrected chi connectivity index (χ0v) is 29.3. The number of ether oxygens (including phenoxy) is 1. The van der Waals surface area contributed by atoms with Crippen molar-refractivity contribution in [1.82, 2.24) is 34.3 Å². The van der Waals surface area contributed by atoms with Crippen LogP contribution in [-0.4, -0.2) is 73.5 Å². The van der Waals surface area contributed by atoms with E-state index in [2.05, 4.69) is 31.6 Å². The molecule has 0 radical (unpaired) electrons. The number of hydrogen-bond acceptors (Lipinski definition) is 10. The molecule has 3 aromatic heterocycles. The van der Waals surface area contributed by atoms with Gasteiger partial charge < -0.3 is 19.4 Å². The number of aromatic nitrogens is 5. The number of anilines is 1. The van der Waals surface area contributed by atoms with Crippen LogP contribution in [0.3, 0.4) is 0 Å². The predicted molar refractivity (Wildman–Crippen MR) is 192 cm³/mol. The minimum absolute atomic E-state index is 0.223. The van der Waals surface area contributed by atoms with Crippen LogP contribution in [0.2, 0.25) is 0 Å². The lowest BCUT2D eigenvalue weighted by atomic mass is 9.81. The Bertz CT molecular complexity index is 2210. The number of hydrogen-bond donors (Lipinski definition) is 2. The second-order valence-electron chi connectivity index (χ2n) is 14.3. The number of piperidine rings is 2. The highest BCUT2D eigenvalue weighted by molar-refractivity contribution is 6.04. The van der Waals surface area contributed by atoms with Crippen LogP contribution in [-0.2, 0) is 16.6 Å². The molecule has 2 N–H and O–H groups in total. The molecule has 3 fully saturated rings. The maximum absolute atomic E-state index is 13.4. The summed E-state index contributed by atoms with van der Waals surface area (Å²) in [5.74, 6) is 1.31. The first-order valence-corrected chi connectivity index (χ1v) is 18.1. The molecule has 5 aromatic rings. The molecule has 14 heteroatoms. The average molecular weight is 707 g/mol. The number of amides is 3. The topological polar surface area (TPSA) is 166 Å². The van der Waals surface area contributed by atoms with Crippen LogP contribution in [0.15, 0.2) is 58.1 Å². The van der Waals surface area contributed by atoms with Crippen LogP contribution in [0.1, 0.15) is 91.2 Å². The second kappa shape index (κ2) is 14.0. The lowest BCUT2D eigenvalue weighted by Gasteiger charge is -2.36. The van der Waals surface area contributed by atoms with Gasteiger partial charge in [0.2, 0.25) is 11.8 Å². The van der Waals surface area contributed by atoms with Gasteiger partial charge in [0, 0.05) is 44.3 Å². The molecule has 0 spiro atoms. The molecule has 1 unspecified atom stereocenters. The molecule has 8 rings (SSSR count). The van der Waals surface area contributed by atoms with Gasteiger partial charge in [0.05, 0.1) is 23.8 Å². The first-order chi connectivity index (χ1) is 25.3. The van der Waals surface area contributed by atoms with Crippen molar-refractivity contribution < 1.29 is 23.5 Å². The van der Waals surface area contributed by atoms with E-state index in [0.717, 1.165) is 80.6 Å². The van der Waals surface area contributed by atoms with Crippen LogP contribution in [0, 0.1) is 5.92 Å². The molecule has 1 atom stereocenters. The van der Waals surface area contributed by atoms with E-state index in [9.17, 15) is 19.2 Å². The number of nitrogens with one attached hydrogen (secondary N) is 2. The lowest BCUT2D eigenvalue weighted by molar-refractivity contribution is -0.135. The molecular formula is C38H42N8O6. The Morgan fingerprint density at radius 1 is 1.02 bits per heavy atom. The van der Waals surface area contributed by atoms with Crippen molar-refractivity contribution in [2.75, 3.05) is 32.1 Å². The fraction of sp³-hybridized carbons (Fsp3) is 0.447. The Morgan fingerprint density at radius 3 is 2.56 bits per heavy atom. The van der Waals surface area contributed by atoms with Gasteiger partial charge in [-0.05, 0) is 87.6 Å². The molecule has 52 heavy (non-hydrogen) atoms. The molecule has 5 heterocycles. The number of para-hydroxylation sites is 1. The van der Waals surface area contributed by atoms with Crippen LogP contribution in [0.4, 0.5) is 5.69 Å². The van der Waals surface area contributed by atoms with Crippen molar-refractivity contribution in [3.05, 3.63) is 76.6 Å². The quantitative estimate of drug-likeness (QED) is 0.217. The largest absolute Gasteiger partial charge is 0.494 e. The zero-order chi connectivity index (χ0) is 35.9. The fourth-order valence-corrected chi connectivity index (χ4v) is 8.44. The minimum atomic E-state index is -0.685. The number of benzene rings is 2. The highest BCUT2D eigenvalue weighted by Crippen LogP contribution is 2.40. The van der Waals surface area contributed by atoms with Gasteiger partial charge in [0.25, 0.3) is 5.91 Å². The minimum Gasteiger partial charge on any atom is -0.494 e. The predicted octanol–water partition coefficient (Wildman–Crippen LogP) is 4.66. The first-order valence-electron chi connectivity index (χ1n) is 18.1. The lowest BCUT2D eigenvalue weighted by Crippen LogP contribution is -2.44. The second-order valence-corrected chi connectivity index (χ2v) is 14.3. The van der Waals surface area contributed by atoms with E-state index in [-0.39, 0.29) is 35.5 Å². The molecule has 270 valence electrons. The van der Waals surface area contributed by atoms with Gasteiger partial charge in [-0.3, -0.25) is 28.8 Å². The number of aryl methyl sites for hydroxylation is 1. The van der Waals surface area contributed by atoms with Gasteiger partial charge in [0.1, 0.15) is 29.3 Å². The number of rotatable bonds is 8. The molecular weight excluding hydrogens is 664 g/mol. The molecule has 3 amide bonds. The summed E-state index contributed by atoms with van der Waals surface area (Å²) in [4.78, 5) is 65.9. The zero-order valence-electron chi connectivity index (χ0n) is 29.3. The summed E-state index contributed by atoms with van der Waals surface area (Å²) in [5, 5.41) is 5.26. The maximum atomic E-state index is 13.4. The van der Waals surface area contributed by atoms with E-state index in [1.165, 1.54) is 12.5 Å². The summed E-state index contributed by atoms with van der Waals surface area (Å²) in [6.45, 7) is 3.05. The molecule has 2 aliphatic heterocycles. The van der Waals surface area contributed by atoms with Crippen molar-refractivity contribution in [1.29, 1.82) is 0 Å². The monoisotopic (exact) mass is 706 g/mol. The molecule has 1 saturated carbocycles. The number of imide groups is 1. The van der Waals surface area contributed by atoms with Gasteiger partial charge in [-0.1, -0.05) is 12.1 Å². The Labute approximate surface area is 299 Å². The van der Waals surface area contributed by atoms with E-state index in [0.29, 0.717) is 40.8 Å². The van der Waals surface area contributed by atoms with Crippen molar-refractivity contribution >= 4 is 45.5 Å². The summed E-state index contributed by atoms with van der Waals surface area (Å²) < 4.78 is 15.1. The van der Waals surface area contributed by atoms with Crippen molar-refractivity contribution in [2.45, 2.75) is 69.2 Å². The third kappa shape index (κ3) is 6.35. The molecule has 2 saturated heterocycles. The number of likely N-dealkylation sites (tertiary alicyclic amines) is 1. The third-order valence-corrected chi connectivity index (χ3v) is 11.2. The summed E-state index contributed by atoms with van der Waals surface area (Å²) in [6, 6.07) is 10.4. The Hall–Kier alpha value is -5.37. The Morgan fingerprint density at radius 2 is 1.83 bits per heavy atom. The van der Waals surface area contributed by atoms with Crippen molar-refractivity contribution in [3.63, 3.8) is 0 Å². The summed E-state index contributed by atoms with van der Waals surface area (Å²) in [6.07, 6.45) is 9.60. The summed E-state index contributed by atoms with van der Waals surface area (Å²) >= 11 is 0. The van der Waals surface area contributed by atoms with Crippen LogP contribution in [0.5, 0.6) is 5.75 Å². The number of methoxy groups -OCH3 is 1. The summed E-state index contributed by atoms with van der Waals surface area (Å²) in [5.41, 5.74) is 4.59. The number of oxazole rings is 1. The first kappa shape index (κ1) is 33.8. The Balaban J connectivity index is 0.880. The van der Waals surface area contributed by atoms with Gasteiger partial charge in [-0.15, -0.1) is 0 Å². The summed E-state index contributed by atoms with van der Waals surface area (Å²) in [7, 11) is 3.33. The molecule has 3 aliphatic rings. The van der Waals surface area contributed by atoms with E-state index in [1.807, 2.05) is 12.1 Å². The standard InChI is InChI=1S/C38H42N8O6/c1-44-34-25(4-3-5-29(34)46(38(44)50)30-10-11-33(47)43-36(30)49)23-13-16-45(17-14-23)20-22-6-8-24(9-7-22)37-42-28-18-31(51-2)27(19-32(28)52-37)41-35(48)26-12-15-39-21-40-26/h3-5,12,15,18-19,21-24,30H,6-11,13-14,16-17,20H2,1-2H3,(H,41,48)(H,43,47,49)/t22-,24-,30?. The number of imidazole rings is 1. The molecule has 0 bridgehead atoms. The van der Waals surface area contributed by atoms with Gasteiger partial charge in [-0.2, -0.15) is 0 Å². The van der Waals surface area contributed by atoms with Crippen LogP contribution < -0.4 is 21.1 Å². The fourth-order valence-electron chi connectivity index (χ4n) is 8.44.